The van der Waals surface area contributed by atoms with Gasteiger partial charge in [0.15, 0.2) is 5.82 Å². The zero-order chi connectivity index (χ0) is 10.4. The van der Waals surface area contributed by atoms with E-state index >= 15 is 0 Å². The fourth-order valence-electron chi connectivity index (χ4n) is 2.03. The van der Waals surface area contributed by atoms with E-state index < -0.39 is 0 Å². The van der Waals surface area contributed by atoms with E-state index in [1.165, 1.54) is 5.69 Å². The molecule has 0 aliphatic carbocycles. The summed E-state index contributed by atoms with van der Waals surface area (Å²) in [4.78, 5) is 10.9. The molecule has 0 N–H and O–H groups in total. The number of pyridine rings is 1. The first-order valence-corrected chi connectivity index (χ1v) is 4.96. The molecule has 0 unspecified atom stereocenters. The molecular formula is C11H12N4. The monoisotopic (exact) mass is 200 g/mol. The van der Waals surface area contributed by atoms with Crippen molar-refractivity contribution in [2.24, 2.45) is 0 Å². The second-order valence-corrected chi connectivity index (χ2v) is 3.85. The average Bonchev–Trinajstić information content (AvgIpc) is 2.62. The molecule has 0 bridgehead atoms. The molecule has 3 rings (SSSR count). The lowest BCUT2D eigenvalue weighted by Crippen LogP contribution is -2.26. The van der Waals surface area contributed by atoms with Gasteiger partial charge in [0.1, 0.15) is 0 Å². The van der Waals surface area contributed by atoms with Gasteiger partial charge in [-0.15, -0.1) is 0 Å². The highest BCUT2D eigenvalue weighted by molar-refractivity contribution is 5.60. The molecule has 0 atom stereocenters. The molecule has 4 nitrogen and oxygen atoms in total. The maximum Gasteiger partial charge on any atom is 0.153 e. The first-order chi connectivity index (χ1) is 7.27. The van der Waals surface area contributed by atoms with Crippen LogP contribution in [-0.4, -0.2) is 21.6 Å². The van der Waals surface area contributed by atoms with E-state index in [1.807, 2.05) is 25.5 Å². The van der Waals surface area contributed by atoms with Crippen LogP contribution in [0.15, 0.2) is 24.7 Å². The lowest BCUT2D eigenvalue weighted by atomic mass is 10.2. The number of nitrogens with zero attached hydrogens (tertiary/aromatic N) is 4. The Bertz CT molecular complexity index is 515. The highest BCUT2D eigenvalue weighted by Crippen LogP contribution is 2.29. The molecule has 0 amide bonds. The van der Waals surface area contributed by atoms with E-state index in [2.05, 4.69) is 32.5 Å². The van der Waals surface area contributed by atoms with Crippen molar-refractivity contribution in [1.82, 2.24) is 14.5 Å². The number of aryl methyl sites for hydroxylation is 1. The Morgan fingerprint density at radius 3 is 3.07 bits per heavy atom. The summed E-state index contributed by atoms with van der Waals surface area (Å²) < 4.78 is 2.12. The normalized spacial score (nSPS) is 13.6. The summed E-state index contributed by atoms with van der Waals surface area (Å²) in [7, 11) is 2.06. The predicted octanol–water partition coefficient (Wildman–Crippen LogP) is 1.53. The lowest BCUT2D eigenvalue weighted by Gasteiger charge is -2.27. The van der Waals surface area contributed by atoms with Crippen molar-refractivity contribution in [2.75, 3.05) is 11.9 Å². The quantitative estimate of drug-likeness (QED) is 0.646. The minimum Gasteiger partial charge on any atom is -0.352 e. The Kier molecular flexibility index (Phi) is 1.59. The molecule has 0 radical (unpaired) electrons. The number of rotatable bonds is 0. The summed E-state index contributed by atoms with van der Waals surface area (Å²) in [5.74, 6) is 1.02. The summed E-state index contributed by atoms with van der Waals surface area (Å²) in [6.45, 7) is 2.91. The number of anilines is 1. The van der Waals surface area contributed by atoms with Crippen molar-refractivity contribution < 1.29 is 0 Å². The topological polar surface area (TPSA) is 34.0 Å². The first-order valence-electron chi connectivity index (χ1n) is 4.96. The van der Waals surface area contributed by atoms with Crippen LogP contribution in [0.1, 0.15) is 11.4 Å². The number of imidazole rings is 1. The van der Waals surface area contributed by atoms with Crippen LogP contribution in [0.5, 0.6) is 0 Å². The number of fused-ring (bicyclic) bond motifs is 3. The van der Waals surface area contributed by atoms with Gasteiger partial charge in [-0.25, -0.2) is 9.97 Å². The van der Waals surface area contributed by atoms with Gasteiger partial charge in [-0.2, -0.15) is 0 Å². The largest absolute Gasteiger partial charge is 0.352 e. The maximum atomic E-state index is 4.39. The van der Waals surface area contributed by atoms with Crippen molar-refractivity contribution in [1.29, 1.82) is 0 Å². The Labute approximate surface area is 88.2 Å². The molecule has 76 valence electrons. The third-order valence-corrected chi connectivity index (χ3v) is 2.85. The number of hydrogen-bond donors (Lipinski definition) is 0. The fraction of sp³-hybridized carbons (Fsp3) is 0.273. The van der Waals surface area contributed by atoms with Crippen LogP contribution >= 0.6 is 0 Å². The lowest BCUT2D eigenvalue weighted by molar-refractivity contribution is 0.780. The van der Waals surface area contributed by atoms with Gasteiger partial charge in [-0.1, -0.05) is 0 Å². The Morgan fingerprint density at radius 2 is 2.20 bits per heavy atom. The minimum atomic E-state index is 0.871. The SMILES string of the molecule is Cc1ncn2c1CN(C)c1ncccc1-2. The molecule has 1 aliphatic heterocycles. The summed E-state index contributed by atoms with van der Waals surface area (Å²) in [5, 5.41) is 0. The standard InChI is InChI=1S/C11H12N4/c1-8-10-6-14(2)11-9(4-3-5-12-11)15(10)7-13-8/h3-5,7H,6H2,1-2H3. The minimum absolute atomic E-state index is 0.871. The van der Waals surface area contributed by atoms with Gasteiger partial charge in [-0.3, -0.25) is 4.57 Å². The molecule has 1 aliphatic rings. The van der Waals surface area contributed by atoms with E-state index in [0.29, 0.717) is 0 Å². The van der Waals surface area contributed by atoms with Crippen molar-refractivity contribution >= 4 is 5.82 Å². The molecule has 0 aromatic carbocycles. The summed E-state index contributed by atoms with van der Waals surface area (Å²) in [6, 6.07) is 4.03. The molecule has 2 aromatic heterocycles. The van der Waals surface area contributed by atoms with Crippen LogP contribution in [0.2, 0.25) is 0 Å². The molecule has 2 aromatic rings. The van der Waals surface area contributed by atoms with Gasteiger partial charge in [0.2, 0.25) is 0 Å². The maximum absolute atomic E-state index is 4.39. The Hall–Kier alpha value is -1.84. The van der Waals surface area contributed by atoms with Crippen LogP contribution < -0.4 is 4.90 Å². The van der Waals surface area contributed by atoms with Gasteiger partial charge in [0, 0.05) is 13.2 Å². The molecule has 4 heteroatoms. The molecular weight excluding hydrogens is 188 g/mol. The first kappa shape index (κ1) is 8.47. The molecule has 0 spiro atoms. The van der Waals surface area contributed by atoms with Gasteiger partial charge < -0.3 is 4.90 Å². The number of hydrogen-bond acceptors (Lipinski definition) is 3. The molecule has 15 heavy (non-hydrogen) atoms. The van der Waals surface area contributed by atoms with E-state index in [1.54, 1.807) is 0 Å². The summed E-state index contributed by atoms with van der Waals surface area (Å²) >= 11 is 0. The summed E-state index contributed by atoms with van der Waals surface area (Å²) in [5.41, 5.74) is 3.45. The fourth-order valence-corrected chi connectivity index (χ4v) is 2.03. The van der Waals surface area contributed by atoms with Gasteiger partial charge >= 0.3 is 0 Å². The average molecular weight is 200 g/mol. The zero-order valence-corrected chi connectivity index (χ0v) is 8.81. The highest BCUT2D eigenvalue weighted by atomic mass is 15.2. The molecule has 3 heterocycles. The van der Waals surface area contributed by atoms with Crippen LogP contribution in [0, 0.1) is 6.92 Å². The smallest absolute Gasteiger partial charge is 0.153 e. The van der Waals surface area contributed by atoms with Crippen LogP contribution in [-0.2, 0) is 6.54 Å². The van der Waals surface area contributed by atoms with Crippen molar-refractivity contribution in [3.05, 3.63) is 36.0 Å². The van der Waals surface area contributed by atoms with Crippen molar-refractivity contribution in [3.63, 3.8) is 0 Å². The van der Waals surface area contributed by atoms with Crippen molar-refractivity contribution in [3.8, 4) is 5.69 Å². The van der Waals surface area contributed by atoms with E-state index in [9.17, 15) is 0 Å². The Morgan fingerprint density at radius 1 is 1.33 bits per heavy atom. The van der Waals surface area contributed by atoms with Gasteiger partial charge in [0.25, 0.3) is 0 Å². The molecule has 0 fully saturated rings. The second-order valence-electron chi connectivity index (χ2n) is 3.85. The third kappa shape index (κ3) is 1.08. The van der Waals surface area contributed by atoms with E-state index in [-0.39, 0.29) is 0 Å². The molecule has 0 saturated carbocycles. The zero-order valence-electron chi connectivity index (χ0n) is 8.81. The second kappa shape index (κ2) is 2.82. The predicted molar refractivity (Wildman–Crippen MR) is 58.2 cm³/mol. The van der Waals surface area contributed by atoms with E-state index in [4.69, 9.17) is 0 Å². The molecule has 0 saturated heterocycles. The third-order valence-electron chi connectivity index (χ3n) is 2.85. The van der Waals surface area contributed by atoms with Crippen molar-refractivity contribution in [2.45, 2.75) is 13.5 Å². The van der Waals surface area contributed by atoms with Crippen LogP contribution in [0.4, 0.5) is 5.82 Å². The Balaban J connectivity index is 2.30. The highest BCUT2D eigenvalue weighted by Gasteiger charge is 2.21. The van der Waals surface area contributed by atoms with Crippen LogP contribution in [0.25, 0.3) is 5.69 Å². The van der Waals surface area contributed by atoms with E-state index in [0.717, 1.165) is 23.7 Å². The van der Waals surface area contributed by atoms with Gasteiger partial charge in [-0.05, 0) is 19.1 Å². The number of aromatic nitrogens is 3. The van der Waals surface area contributed by atoms with Crippen LogP contribution in [0.3, 0.4) is 0 Å². The van der Waals surface area contributed by atoms with Gasteiger partial charge in [0.05, 0.1) is 29.9 Å². The summed E-state index contributed by atoms with van der Waals surface area (Å²) in [6.07, 6.45) is 3.70.